The van der Waals surface area contributed by atoms with Gasteiger partial charge in [0.2, 0.25) is 0 Å². The van der Waals surface area contributed by atoms with Crippen LogP contribution in [0.1, 0.15) is 25.5 Å². The number of fused-ring (bicyclic) bond motifs is 1. The van der Waals surface area contributed by atoms with Crippen molar-refractivity contribution in [2.24, 2.45) is 0 Å². The van der Waals surface area contributed by atoms with Crippen molar-refractivity contribution >= 4 is 33.8 Å². The third-order valence-corrected chi connectivity index (χ3v) is 3.57. The second-order valence-corrected chi connectivity index (χ2v) is 4.83. The van der Waals surface area contributed by atoms with E-state index in [9.17, 15) is 0 Å². The van der Waals surface area contributed by atoms with Gasteiger partial charge >= 0.3 is 0 Å². The van der Waals surface area contributed by atoms with E-state index in [1.807, 2.05) is 4.57 Å². The second kappa shape index (κ2) is 4.25. The summed E-state index contributed by atoms with van der Waals surface area (Å²) in [5, 5.41) is 0. The first kappa shape index (κ1) is 10.4. The van der Waals surface area contributed by atoms with Crippen LogP contribution in [0.4, 0.5) is 0 Å². The van der Waals surface area contributed by atoms with Crippen molar-refractivity contribution in [2.75, 3.05) is 6.61 Å². The summed E-state index contributed by atoms with van der Waals surface area (Å²) >= 11 is 2.17. The first-order valence-electron chi connectivity index (χ1n) is 5.31. The topological polar surface area (TPSA) is 52.8 Å². The normalized spacial score (nSPS) is 21.4. The van der Waals surface area contributed by atoms with Gasteiger partial charge in [0.1, 0.15) is 21.8 Å². The summed E-state index contributed by atoms with van der Waals surface area (Å²) in [5.41, 5.74) is 1.73. The first-order chi connectivity index (χ1) is 7.86. The molecule has 5 nitrogen and oxygen atoms in total. The maximum absolute atomic E-state index is 5.73. The lowest BCUT2D eigenvalue weighted by molar-refractivity contribution is -0.0298. The van der Waals surface area contributed by atoms with E-state index in [2.05, 4.69) is 37.5 Å². The Balaban J connectivity index is 2.06. The van der Waals surface area contributed by atoms with E-state index in [4.69, 9.17) is 4.74 Å². The van der Waals surface area contributed by atoms with Gasteiger partial charge in [-0.25, -0.2) is 15.0 Å². The van der Waals surface area contributed by atoms with Crippen LogP contribution < -0.4 is 0 Å². The Bertz CT molecular complexity index is 506. The Labute approximate surface area is 106 Å². The monoisotopic (exact) mass is 330 g/mol. The zero-order valence-electron chi connectivity index (χ0n) is 8.64. The van der Waals surface area contributed by atoms with Gasteiger partial charge in [-0.2, -0.15) is 0 Å². The van der Waals surface area contributed by atoms with E-state index in [1.165, 1.54) is 6.42 Å². The molecule has 3 rings (SSSR count). The van der Waals surface area contributed by atoms with Crippen LogP contribution in [-0.2, 0) is 4.74 Å². The number of imidazole rings is 1. The van der Waals surface area contributed by atoms with Gasteiger partial charge in [0.15, 0.2) is 5.65 Å². The fourth-order valence-electron chi connectivity index (χ4n) is 1.98. The average Bonchev–Trinajstić information content (AvgIpc) is 2.75. The molecule has 0 radical (unpaired) electrons. The number of aromatic nitrogens is 4. The molecule has 0 unspecified atom stereocenters. The van der Waals surface area contributed by atoms with Gasteiger partial charge in [-0.1, -0.05) is 0 Å². The molecule has 1 aliphatic heterocycles. The summed E-state index contributed by atoms with van der Waals surface area (Å²) in [6, 6.07) is 0. The Morgan fingerprint density at radius 2 is 2.25 bits per heavy atom. The highest BCUT2D eigenvalue weighted by atomic mass is 127. The number of ether oxygens (including phenoxy) is 1. The number of halogens is 1. The molecular formula is C10H11IN4O. The van der Waals surface area contributed by atoms with Gasteiger partial charge < -0.3 is 4.74 Å². The van der Waals surface area contributed by atoms with Crippen molar-refractivity contribution in [3.05, 3.63) is 16.4 Å². The molecule has 0 bridgehead atoms. The first-order valence-corrected chi connectivity index (χ1v) is 6.39. The van der Waals surface area contributed by atoms with E-state index in [-0.39, 0.29) is 6.23 Å². The molecule has 0 N–H and O–H groups in total. The van der Waals surface area contributed by atoms with Crippen molar-refractivity contribution in [1.29, 1.82) is 0 Å². The maximum Gasteiger partial charge on any atom is 0.166 e. The van der Waals surface area contributed by atoms with Crippen LogP contribution >= 0.6 is 22.6 Å². The minimum absolute atomic E-state index is 0.0875. The number of nitrogens with zero attached hydrogens (tertiary/aromatic N) is 4. The zero-order valence-corrected chi connectivity index (χ0v) is 10.8. The van der Waals surface area contributed by atoms with Crippen molar-refractivity contribution in [3.63, 3.8) is 0 Å². The summed E-state index contributed by atoms with van der Waals surface area (Å²) in [6.07, 6.45) is 6.85. The van der Waals surface area contributed by atoms with Crippen LogP contribution in [0.3, 0.4) is 0 Å². The van der Waals surface area contributed by atoms with Crippen LogP contribution in [0.5, 0.6) is 0 Å². The van der Waals surface area contributed by atoms with Gasteiger partial charge in [-0.05, 0) is 41.9 Å². The molecule has 2 aromatic rings. The Kier molecular flexibility index (Phi) is 2.76. The van der Waals surface area contributed by atoms with Gasteiger partial charge in [-0.3, -0.25) is 4.57 Å². The minimum atomic E-state index is 0.0875. The van der Waals surface area contributed by atoms with E-state index < -0.39 is 0 Å². The van der Waals surface area contributed by atoms with Crippen LogP contribution in [0.2, 0.25) is 0 Å². The maximum atomic E-state index is 5.73. The molecule has 1 atom stereocenters. The van der Waals surface area contributed by atoms with Gasteiger partial charge in [0.05, 0.1) is 6.33 Å². The molecule has 2 aromatic heterocycles. The van der Waals surface area contributed by atoms with Gasteiger partial charge in [0.25, 0.3) is 0 Å². The highest BCUT2D eigenvalue weighted by Gasteiger charge is 2.19. The summed E-state index contributed by atoms with van der Waals surface area (Å²) in [7, 11) is 0. The van der Waals surface area contributed by atoms with Crippen molar-refractivity contribution in [2.45, 2.75) is 25.5 Å². The third-order valence-electron chi connectivity index (χ3n) is 2.78. The van der Waals surface area contributed by atoms with Crippen LogP contribution in [-0.4, -0.2) is 26.1 Å². The van der Waals surface area contributed by atoms with E-state index in [1.54, 1.807) is 12.7 Å². The molecule has 3 heterocycles. The lowest BCUT2D eigenvalue weighted by atomic mass is 10.2. The summed E-state index contributed by atoms with van der Waals surface area (Å²) in [4.78, 5) is 12.8. The summed E-state index contributed by atoms with van der Waals surface area (Å²) < 4.78 is 8.63. The van der Waals surface area contributed by atoms with E-state index in [0.717, 1.165) is 34.3 Å². The number of hydrogen-bond donors (Lipinski definition) is 0. The van der Waals surface area contributed by atoms with E-state index in [0.29, 0.717) is 0 Å². The Hall–Kier alpha value is -0.760. The molecule has 84 valence electrons. The molecule has 6 heteroatoms. The van der Waals surface area contributed by atoms with Gasteiger partial charge in [-0.15, -0.1) is 0 Å². The SMILES string of the molecule is Ic1ncnc2c1ncn2[C@H]1CCCCO1. The average molecular weight is 330 g/mol. The fraction of sp³-hybridized carbons (Fsp3) is 0.500. The molecule has 1 fully saturated rings. The van der Waals surface area contributed by atoms with E-state index >= 15 is 0 Å². The van der Waals surface area contributed by atoms with Crippen LogP contribution in [0.15, 0.2) is 12.7 Å². The molecule has 0 spiro atoms. The highest BCUT2D eigenvalue weighted by molar-refractivity contribution is 14.1. The Morgan fingerprint density at radius 1 is 1.31 bits per heavy atom. The smallest absolute Gasteiger partial charge is 0.166 e. The van der Waals surface area contributed by atoms with Crippen LogP contribution in [0.25, 0.3) is 11.2 Å². The van der Waals surface area contributed by atoms with Crippen molar-refractivity contribution < 1.29 is 4.74 Å². The molecule has 1 saturated heterocycles. The fourth-order valence-corrected chi connectivity index (χ4v) is 2.48. The molecule has 0 aliphatic carbocycles. The zero-order chi connectivity index (χ0) is 11.0. The number of rotatable bonds is 1. The molecule has 0 aromatic carbocycles. The quantitative estimate of drug-likeness (QED) is 0.594. The van der Waals surface area contributed by atoms with Crippen molar-refractivity contribution in [3.8, 4) is 0 Å². The predicted octanol–water partition coefficient (Wildman–Crippen LogP) is 2.13. The van der Waals surface area contributed by atoms with Gasteiger partial charge in [0, 0.05) is 6.61 Å². The minimum Gasteiger partial charge on any atom is -0.358 e. The molecule has 0 amide bonds. The van der Waals surface area contributed by atoms with Crippen molar-refractivity contribution in [1.82, 2.24) is 19.5 Å². The molecule has 16 heavy (non-hydrogen) atoms. The number of hydrogen-bond acceptors (Lipinski definition) is 4. The standard InChI is InChI=1S/C10H11IN4O/c11-9-8-10(13-5-12-9)15(6-14-8)7-3-1-2-4-16-7/h5-7H,1-4H2/t7-/m1/s1. The molecule has 1 aliphatic rings. The summed E-state index contributed by atoms with van der Waals surface area (Å²) in [5.74, 6) is 0. The highest BCUT2D eigenvalue weighted by Crippen LogP contribution is 2.26. The summed E-state index contributed by atoms with van der Waals surface area (Å²) in [6.45, 7) is 0.826. The largest absolute Gasteiger partial charge is 0.358 e. The third kappa shape index (κ3) is 1.69. The lowest BCUT2D eigenvalue weighted by Gasteiger charge is -2.23. The predicted molar refractivity (Wildman–Crippen MR) is 66.9 cm³/mol. The lowest BCUT2D eigenvalue weighted by Crippen LogP contribution is -2.17. The molecule has 0 saturated carbocycles. The second-order valence-electron chi connectivity index (χ2n) is 3.81. The Morgan fingerprint density at radius 3 is 3.06 bits per heavy atom. The van der Waals surface area contributed by atoms with Crippen LogP contribution in [0, 0.1) is 3.70 Å². The molecular weight excluding hydrogens is 319 g/mol.